The Bertz CT molecular complexity index is 1110. The van der Waals surface area contributed by atoms with Gasteiger partial charge in [-0.25, -0.2) is 4.98 Å². The maximum absolute atomic E-state index is 12.6. The van der Waals surface area contributed by atoms with Gasteiger partial charge in [0, 0.05) is 16.7 Å². The van der Waals surface area contributed by atoms with Crippen molar-refractivity contribution in [1.29, 1.82) is 0 Å². The molecule has 0 saturated carbocycles. The van der Waals surface area contributed by atoms with Crippen LogP contribution in [-0.2, 0) is 0 Å². The first-order valence-corrected chi connectivity index (χ1v) is 9.63. The largest absolute Gasteiger partial charge is 0.472 e. The van der Waals surface area contributed by atoms with Crippen molar-refractivity contribution in [3.8, 4) is 22.5 Å². The molecule has 0 spiro atoms. The maximum Gasteiger partial charge on any atom is 0.210 e. The second-order valence-electron chi connectivity index (χ2n) is 6.35. The average molecular weight is 391 g/mol. The van der Waals surface area contributed by atoms with Crippen LogP contribution in [0.2, 0.25) is 0 Å². The van der Waals surface area contributed by atoms with E-state index in [-0.39, 0.29) is 11.5 Å². The first-order valence-electron chi connectivity index (χ1n) is 8.65. The number of furan rings is 2. The van der Waals surface area contributed by atoms with Crippen LogP contribution < -0.4 is 0 Å². The molecule has 0 unspecified atom stereocenters. The van der Waals surface area contributed by atoms with Crippen molar-refractivity contribution in [3.63, 3.8) is 0 Å². The fourth-order valence-corrected chi connectivity index (χ4v) is 3.57. The highest BCUT2D eigenvalue weighted by molar-refractivity contribution is 7.99. The minimum atomic E-state index is 0.0369. The second-order valence-corrected chi connectivity index (χ2v) is 7.29. The van der Waals surface area contributed by atoms with Gasteiger partial charge >= 0.3 is 0 Å². The normalized spacial score (nSPS) is 10.9. The number of Topliss-reactive ketones (excluding diaryl/α,β-unsaturated/α-hetero) is 1. The quantitative estimate of drug-likeness (QED) is 0.338. The number of carbonyl (C=O) groups is 1. The number of aromatic nitrogens is 3. The highest BCUT2D eigenvalue weighted by atomic mass is 32.2. The van der Waals surface area contributed by atoms with E-state index in [0.717, 1.165) is 27.8 Å². The molecule has 0 amide bonds. The topological polar surface area (TPSA) is 82.0 Å². The van der Waals surface area contributed by atoms with Gasteiger partial charge < -0.3 is 8.83 Å². The molecule has 0 fully saturated rings. The van der Waals surface area contributed by atoms with Gasteiger partial charge in [-0.05, 0) is 31.5 Å². The molecule has 6 nitrogen and oxygen atoms in total. The molecule has 0 saturated heterocycles. The minimum absolute atomic E-state index is 0.0369. The Labute approximate surface area is 166 Å². The smallest absolute Gasteiger partial charge is 0.210 e. The lowest BCUT2D eigenvalue weighted by Crippen LogP contribution is -2.06. The summed E-state index contributed by atoms with van der Waals surface area (Å²) in [5, 5.41) is 8.93. The van der Waals surface area contributed by atoms with E-state index in [4.69, 9.17) is 8.83 Å². The molecule has 140 valence electrons. The molecular formula is C21H17N3O3S. The number of hydrogen-bond acceptors (Lipinski definition) is 7. The Morgan fingerprint density at radius 2 is 1.68 bits per heavy atom. The van der Waals surface area contributed by atoms with Crippen LogP contribution in [0.1, 0.15) is 21.5 Å². The van der Waals surface area contributed by atoms with Gasteiger partial charge in [0.1, 0.15) is 11.4 Å². The summed E-state index contributed by atoms with van der Waals surface area (Å²) in [6, 6.07) is 9.42. The zero-order chi connectivity index (χ0) is 19.5. The molecule has 4 aromatic rings. The molecule has 4 rings (SSSR count). The van der Waals surface area contributed by atoms with Crippen molar-refractivity contribution in [1.82, 2.24) is 15.2 Å². The van der Waals surface area contributed by atoms with E-state index < -0.39 is 0 Å². The van der Waals surface area contributed by atoms with Gasteiger partial charge in [-0.1, -0.05) is 35.5 Å². The zero-order valence-electron chi connectivity index (χ0n) is 15.4. The fourth-order valence-electron chi connectivity index (χ4n) is 2.90. The molecule has 3 aromatic heterocycles. The summed E-state index contributed by atoms with van der Waals surface area (Å²) >= 11 is 1.27. The van der Waals surface area contributed by atoms with Gasteiger partial charge in [-0.3, -0.25) is 4.79 Å². The van der Waals surface area contributed by atoms with Crippen molar-refractivity contribution >= 4 is 17.5 Å². The Kier molecular flexibility index (Phi) is 5.08. The van der Waals surface area contributed by atoms with Gasteiger partial charge in [-0.2, -0.15) is 0 Å². The molecule has 28 heavy (non-hydrogen) atoms. The summed E-state index contributed by atoms with van der Waals surface area (Å²) in [6.45, 7) is 3.95. The highest BCUT2D eigenvalue weighted by Gasteiger charge is 2.17. The number of aryl methyl sites for hydroxylation is 2. The summed E-state index contributed by atoms with van der Waals surface area (Å²) < 4.78 is 10.3. The number of rotatable bonds is 6. The van der Waals surface area contributed by atoms with E-state index in [2.05, 4.69) is 15.2 Å². The summed E-state index contributed by atoms with van der Waals surface area (Å²) in [5.74, 6) is 0.274. The Hall–Kier alpha value is -3.19. The molecule has 1 aromatic carbocycles. The van der Waals surface area contributed by atoms with Crippen molar-refractivity contribution < 1.29 is 13.6 Å². The van der Waals surface area contributed by atoms with Crippen LogP contribution in [0.4, 0.5) is 0 Å². The predicted molar refractivity (Wildman–Crippen MR) is 106 cm³/mol. The summed E-state index contributed by atoms with van der Waals surface area (Å²) in [4.78, 5) is 17.2. The monoisotopic (exact) mass is 391 g/mol. The van der Waals surface area contributed by atoms with E-state index >= 15 is 0 Å². The molecule has 0 aliphatic rings. The Morgan fingerprint density at radius 3 is 2.32 bits per heavy atom. The third-order valence-electron chi connectivity index (χ3n) is 4.27. The van der Waals surface area contributed by atoms with Crippen LogP contribution in [0, 0.1) is 13.8 Å². The summed E-state index contributed by atoms with van der Waals surface area (Å²) in [6.07, 6.45) is 6.34. The SMILES string of the molecule is Cc1ccc(C(=O)CSc2nnc(-c3ccoc3)c(-c3ccoc3)n2)c(C)c1. The van der Waals surface area contributed by atoms with Crippen molar-refractivity contribution in [2.45, 2.75) is 19.0 Å². The predicted octanol–water partition coefficient (Wildman–Crippen LogP) is 4.98. The number of thioether (sulfide) groups is 1. The molecule has 0 atom stereocenters. The lowest BCUT2D eigenvalue weighted by atomic mass is 10.0. The summed E-state index contributed by atoms with van der Waals surface area (Å²) in [7, 11) is 0. The Morgan fingerprint density at radius 1 is 0.964 bits per heavy atom. The molecule has 3 heterocycles. The number of carbonyl (C=O) groups excluding carboxylic acids is 1. The maximum atomic E-state index is 12.6. The molecule has 0 N–H and O–H groups in total. The number of ketones is 1. The molecular weight excluding hydrogens is 374 g/mol. The molecule has 0 radical (unpaired) electrons. The lowest BCUT2D eigenvalue weighted by Gasteiger charge is -2.07. The third-order valence-corrected chi connectivity index (χ3v) is 5.11. The number of hydrogen-bond donors (Lipinski definition) is 0. The van der Waals surface area contributed by atoms with E-state index in [0.29, 0.717) is 16.5 Å². The van der Waals surface area contributed by atoms with Gasteiger partial charge in [-0.15, -0.1) is 10.2 Å². The van der Waals surface area contributed by atoms with Crippen LogP contribution in [-0.4, -0.2) is 26.7 Å². The van der Waals surface area contributed by atoms with Gasteiger partial charge in [0.2, 0.25) is 5.16 Å². The minimum Gasteiger partial charge on any atom is -0.472 e. The molecule has 0 aliphatic carbocycles. The Balaban J connectivity index is 1.59. The van der Waals surface area contributed by atoms with E-state index in [1.54, 1.807) is 31.1 Å². The van der Waals surface area contributed by atoms with Crippen LogP contribution in [0.25, 0.3) is 22.5 Å². The van der Waals surface area contributed by atoms with Crippen molar-refractivity contribution in [3.05, 3.63) is 72.1 Å². The van der Waals surface area contributed by atoms with Crippen LogP contribution in [0.5, 0.6) is 0 Å². The van der Waals surface area contributed by atoms with Crippen LogP contribution >= 0.6 is 11.8 Å². The molecule has 7 heteroatoms. The van der Waals surface area contributed by atoms with Crippen molar-refractivity contribution in [2.24, 2.45) is 0 Å². The van der Waals surface area contributed by atoms with Gasteiger partial charge in [0.15, 0.2) is 5.78 Å². The van der Waals surface area contributed by atoms with E-state index in [1.165, 1.54) is 11.8 Å². The standard InChI is InChI=1S/C21H17N3O3S/c1-13-3-4-17(14(2)9-13)18(25)12-28-21-22-19(15-5-7-26-10-15)20(23-24-21)16-6-8-27-11-16/h3-11H,12H2,1-2H3. The van der Waals surface area contributed by atoms with Crippen molar-refractivity contribution in [2.75, 3.05) is 5.75 Å². The van der Waals surface area contributed by atoms with Gasteiger partial charge in [0.05, 0.1) is 30.8 Å². The highest BCUT2D eigenvalue weighted by Crippen LogP contribution is 2.30. The fraction of sp³-hybridized carbons (Fsp3) is 0.143. The van der Waals surface area contributed by atoms with E-state index in [9.17, 15) is 4.79 Å². The summed E-state index contributed by atoms with van der Waals surface area (Å²) in [5.41, 5.74) is 5.61. The third kappa shape index (κ3) is 3.75. The number of nitrogens with zero attached hydrogens (tertiary/aromatic N) is 3. The second kappa shape index (κ2) is 7.82. The lowest BCUT2D eigenvalue weighted by molar-refractivity contribution is 0.102. The van der Waals surface area contributed by atoms with E-state index in [1.807, 2.05) is 38.1 Å². The van der Waals surface area contributed by atoms with Gasteiger partial charge in [0.25, 0.3) is 0 Å². The average Bonchev–Trinajstić information content (AvgIpc) is 3.40. The molecule has 0 bridgehead atoms. The zero-order valence-corrected chi connectivity index (χ0v) is 16.2. The first kappa shape index (κ1) is 18.2. The van der Waals surface area contributed by atoms with Crippen LogP contribution in [0.3, 0.4) is 0 Å². The number of benzene rings is 1. The van der Waals surface area contributed by atoms with Crippen LogP contribution in [0.15, 0.2) is 69.4 Å². The first-order chi connectivity index (χ1) is 13.6. The molecule has 0 aliphatic heterocycles.